The molecule has 0 bridgehead atoms. The summed E-state index contributed by atoms with van der Waals surface area (Å²) in [6, 6.07) is 12.1. The molecule has 4 heteroatoms. The number of halogens is 2. The van der Waals surface area contributed by atoms with Crippen LogP contribution in [0.3, 0.4) is 0 Å². The highest BCUT2D eigenvalue weighted by atomic mass is 79.9. The average Bonchev–Trinajstić information content (AvgIpc) is 2.32. The average molecular weight is 370 g/mol. The lowest BCUT2D eigenvalue weighted by atomic mass is 9.88. The number of aromatic nitrogens is 1. The van der Waals surface area contributed by atoms with Crippen molar-refractivity contribution in [2.24, 2.45) is 5.73 Å². The smallest absolute Gasteiger partial charge is 0.0437 e. The maximum Gasteiger partial charge on any atom is 0.0437 e. The summed E-state index contributed by atoms with van der Waals surface area (Å²) in [5, 5.41) is 0. The van der Waals surface area contributed by atoms with Crippen molar-refractivity contribution in [1.29, 1.82) is 0 Å². The van der Waals surface area contributed by atoms with Crippen LogP contribution in [0.25, 0.3) is 0 Å². The lowest BCUT2D eigenvalue weighted by Crippen LogP contribution is -2.35. The molecule has 2 N–H and O–H groups in total. The van der Waals surface area contributed by atoms with Gasteiger partial charge in [0.2, 0.25) is 0 Å². The van der Waals surface area contributed by atoms with Gasteiger partial charge in [0, 0.05) is 32.8 Å². The molecule has 94 valence electrons. The van der Waals surface area contributed by atoms with E-state index in [4.69, 9.17) is 5.73 Å². The van der Waals surface area contributed by atoms with Gasteiger partial charge in [-0.25, -0.2) is 0 Å². The lowest BCUT2D eigenvalue weighted by Gasteiger charge is -2.25. The predicted octanol–water partition coefficient (Wildman–Crippen LogP) is 4.02. The number of hydrogen-bond donors (Lipinski definition) is 1. The normalized spacial score (nSPS) is 14.2. The zero-order valence-electron chi connectivity index (χ0n) is 10.0. The first-order chi connectivity index (χ1) is 8.47. The van der Waals surface area contributed by atoms with Crippen molar-refractivity contribution in [2.75, 3.05) is 0 Å². The van der Waals surface area contributed by atoms with E-state index in [0.29, 0.717) is 6.42 Å². The zero-order chi connectivity index (χ0) is 13.2. The van der Waals surface area contributed by atoms with Gasteiger partial charge in [-0.15, -0.1) is 0 Å². The third-order valence-electron chi connectivity index (χ3n) is 2.82. The van der Waals surface area contributed by atoms with Crippen LogP contribution in [-0.2, 0) is 12.0 Å². The summed E-state index contributed by atoms with van der Waals surface area (Å²) in [5.74, 6) is 0. The lowest BCUT2D eigenvalue weighted by molar-refractivity contribution is 0.485. The van der Waals surface area contributed by atoms with Crippen molar-refractivity contribution in [3.05, 3.63) is 62.8 Å². The first-order valence-electron chi connectivity index (χ1n) is 5.63. The predicted molar refractivity (Wildman–Crippen MR) is 81.3 cm³/mol. The Morgan fingerprint density at radius 1 is 1.17 bits per heavy atom. The molecule has 0 aliphatic rings. The number of nitrogens with two attached hydrogens (primary N) is 1. The van der Waals surface area contributed by atoms with Crippen molar-refractivity contribution in [3.63, 3.8) is 0 Å². The number of benzene rings is 1. The van der Waals surface area contributed by atoms with E-state index in [1.165, 1.54) is 0 Å². The SMILES string of the molecule is CC(N)(Cc1ccc(Br)cn1)c1cccc(Br)c1. The Morgan fingerprint density at radius 2 is 1.94 bits per heavy atom. The topological polar surface area (TPSA) is 38.9 Å². The van der Waals surface area contributed by atoms with E-state index in [1.54, 1.807) is 6.20 Å². The van der Waals surface area contributed by atoms with Gasteiger partial charge in [-0.2, -0.15) is 0 Å². The molecule has 0 saturated carbocycles. The standard InChI is InChI=1S/C14H14Br2N2/c1-14(17,10-3-2-4-11(15)7-10)8-13-6-5-12(16)9-18-13/h2-7,9H,8,17H2,1H3. The highest BCUT2D eigenvalue weighted by Crippen LogP contribution is 2.25. The molecule has 2 aromatic rings. The zero-order valence-corrected chi connectivity index (χ0v) is 13.2. The third kappa shape index (κ3) is 3.40. The quantitative estimate of drug-likeness (QED) is 0.887. The molecule has 1 atom stereocenters. The molecule has 0 saturated heterocycles. The van der Waals surface area contributed by atoms with Crippen LogP contribution < -0.4 is 5.73 Å². The third-order valence-corrected chi connectivity index (χ3v) is 3.78. The van der Waals surface area contributed by atoms with Crippen LogP contribution in [-0.4, -0.2) is 4.98 Å². The summed E-state index contributed by atoms with van der Waals surface area (Å²) < 4.78 is 2.02. The highest BCUT2D eigenvalue weighted by molar-refractivity contribution is 9.10. The van der Waals surface area contributed by atoms with Gasteiger partial charge in [0.05, 0.1) is 0 Å². The van der Waals surface area contributed by atoms with Crippen LogP contribution in [0.1, 0.15) is 18.2 Å². The molecule has 1 heterocycles. The Labute approximate surface area is 124 Å². The van der Waals surface area contributed by atoms with Gasteiger partial charge >= 0.3 is 0 Å². The molecule has 0 spiro atoms. The minimum Gasteiger partial charge on any atom is -0.321 e. The number of hydrogen-bond acceptors (Lipinski definition) is 2. The van der Waals surface area contributed by atoms with Gasteiger partial charge in [0.25, 0.3) is 0 Å². The Hall–Kier alpha value is -0.710. The van der Waals surface area contributed by atoms with Gasteiger partial charge in [-0.3, -0.25) is 4.98 Å². The number of nitrogens with zero attached hydrogens (tertiary/aromatic N) is 1. The van der Waals surface area contributed by atoms with Crippen LogP contribution in [0.5, 0.6) is 0 Å². The maximum atomic E-state index is 6.40. The van der Waals surface area contributed by atoms with E-state index >= 15 is 0 Å². The Morgan fingerprint density at radius 3 is 2.56 bits per heavy atom. The molecular formula is C14H14Br2N2. The van der Waals surface area contributed by atoms with Crippen LogP contribution in [0, 0.1) is 0 Å². The van der Waals surface area contributed by atoms with Crippen molar-refractivity contribution in [3.8, 4) is 0 Å². The second-order valence-corrected chi connectivity index (χ2v) is 6.40. The molecule has 0 aliphatic carbocycles. The molecule has 0 aliphatic heterocycles. The second-order valence-electron chi connectivity index (χ2n) is 4.57. The van der Waals surface area contributed by atoms with E-state index in [1.807, 2.05) is 37.3 Å². The van der Waals surface area contributed by atoms with Gasteiger partial charge in [-0.1, -0.05) is 28.1 Å². The Bertz CT molecular complexity index is 536. The fourth-order valence-electron chi connectivity index (χ4n) is 1.83. The minimum absolute atomic E-state index is 0.426. The van der Waals surface area contributed by atoms with Crippen LogP contribution in [0.4, 0.5) is 0 Å². The van der Waals surface area contributed by atoms with E-state index < -0.39 is 5.54 Å². The molecule has 0 fully saturated rings. The fourth-order valence-corrected chi connectivity index (χ4v) is 2.47. The Kier molecular flexibility index (Phi) is 4.20. The molecular weight excluding hydrogens is 356 g/mol. The molecule has 1 aromatic carbocycles. The second kappa shape index (κ2) is 5.51. The van der Waals surface area contributed by atoms with Crippen molar-refractivity contribution >= 4 is 31.9 Å². The first kappa shape index (κ1) is 13.7. The van der Waals surface area contributed by atoms with Gasteiger partial charge < -0.3 is 5.73 Å². The molecule has 2 rings (SSSR count). The van der Waals surface area contributed by atoms with Crippen molar-refractivity contribution in [1.82, 2.24) is 4.98 Å². The molecule has 18 heavy (non-hydrogen) atoms. The summed E-state index contributed by atoms with van der Waals surface area (Å²) in [6.45, 7) is 2.03. The highest BCUT2D eigenvalue weighted by Gasteiger charge is 2.22. The summed E-state index contributed by atoms with van der Waals surface area (Å²) in [4.78, 5) is 4.37. The molecule has 0 radical (unpaired) electrons. The molecule has 1 unspecified atom stereocenters. The van der Waals surface area contributed by atoms with E-state index in [2.05, 4.69) is 42.9 Å². The largest absolute Gasteiger partial charge is 0.321 e. The van der Waals surface area contributed by atoms with E-state index in [0.717, 1.165) is 20.2 Å². The van der Waals surface area contributed by atoms with E-state index in [9.17, 15) is 0 Å². The van der Waals surface area contributed by atoms with Crippen molar-refractivity contribution in [2.45, 2.75) is 18.9 Å². The summed E-state index contributed by atoms with van der Waals surface area (Å²) >= 11 is 6.85. The molecule has 2 nitrogen and oxygen atoms in total. The monoisotopic (exact) mass is 368 g/mol. The number of pyridine rings is 1. The summed E-state index contributed by atoms with van der Waals surface area (Å²) in [7, 11) is 0. The fraction of sp³-hybridized carbons (Fsp3) is 0.214. The van der Waals surface area contributed by atoms with E-state index in [-0.39, 0.29) is 0 Å². The summed E-state index contributed by atoms with van der Waals surface area (Å²) in [6.07, 6.45) is 2.50. The van der Waals surface area contributed by atoms with Crippen LogP contribution in [0.15, 0.2) is 51.5 Å². The van der Waals surface area contributed by atoms with Gasteiger partial charge in [-0.05, 0) is 52.7 Å². The van der Waals surface area contributed by atoms with Crippen LogP contribution in [0.2, 0.25) is 0 Å². The van der Waals surface area contributed by atoms with Gasteiger partial charge in [0.15, 0.2) is 0 Å². The molecule has 1 aromatic heterocycles. The number of rotatable bonds is 3. The first-order valence-corrected chi connectivity index (χ1v) is 7.21. The van der Waals surface area contributed by atoms with Crippen LogP contribution >= 0.6 is 31.9 Å². The maximum absolute atomic E-state index is 6.40. The van der Waals surface area contributed by atoms with Crippen molar-refractivity contribution < 1.29 is 0 Å². The minimum atomic E-state index is -0.426. The molecule has 0 amide bonds. The Balaban J connectivity index is 2.23. The summed E-state index contributed by atoms with van der Waals surface area (Å²) in [5.41, 5.74) is 8.07. The van der Waals surface area contributed by atoms with Gasteiger partial charge in [0.1, 0.15) is 0 Å².